The maximum atomic E-state index is 12.5. The van der Waals surface area contributed by atoms with Crippen LogP contribution in [0.2, 0.25) is 0 Å². The first kappa shape index (κ1) is 15.3. The minimum absolute atomic E-state index is 0.220. The number of hydrogen-bond donors (Lipinski definition) is 2. The molecule has 2 aromatic carbocycles. The molecule has 2 aromatic rings. The van der Waals surface area contributed by atoms with Gasteiger partial charge in [0.2, 0.25) is 0 Å². The SMILES string of the molecule is C[C@H]1Oc2ccc(NC(=O)c3ccc4c(c3)OCCO4)cc2NC1=O. The maximum Gasteiger partial charge on any atom is 0.265 e. The lowest BCUT2D eigenvalue weighted by molar-refractivity contribution is -0.122. The summed E-state index contributed by atoms with van der Waals surface area (Å²) in [7, 11) is 0. The highest BCUT2D eigenvalue weighted by Crippen LogP contribution is 2.33. The number of nitrogens with one attached hydrogen (secondary N) is 2. The zero-order valence-corrected chi connectivity index (χ0v) is 13.5. The second-order valence-electron chi connectivity index (χ2n) is 5.77. The summed E-state index contributed by atoms with van der Waals surface area (Å²) < 4.78 is 16.4. The van der Waals surface area contributed by atoms with Crippen molar-refractivity contribution in [2.75, 3.05) is 23.8 Å². The van der Waals surface area contributed by atoms with E-state index in [9.17, 15) is 9.59 Å². The highest BCUT2D eigenvalue weighted by molar-refractivity contribution is 6.05. The van der Waals surface area contributed by atoms with Gasteiger partial charge in [0.15, 0.2) is 17.6 Å². The fourth-order valence-corrected chi connectivity index (χ4v) is 2.67. The molecule has 2 aliphatic heterocycles. The van der Waals surface area contributed by atoms with Crippen LogP contribution in [0.3, 0.4) is 0 Å². The van der Waals surface area contributed by atoms with Gasteiger partial charge in [-0.15, -0.1) is 0 Å². The average Bonchev–Trinajstić information content (AvgIpc) is 2.62. The molecule has 0 radical (unpaired) electrons. The lowest BCUT2D eigenvalue weighted by Gasteiger charge is -2.23. The van der Waals surface area contributed by atoms with Crippen molar-refractivity contribution in [3.05, 3.63) is 42.0 Å². The lowest BCUT2D eigenvalue weighted by atomic mass is 10.1. The molecule has 2 N–H and O–H groups in total. The second-order valence-corrected chi connectivity index (χ2v) is 5.77. The average molecular weight is 340 g/mol. The maximum absolute atomic E-state index is 12.5. The third kappa shape index (κ3) is 2.96. The van der Waals surface area contributed by atoms with Crippen LogP contribution in [0, 0.1) is 0 Å². The Kier molecular flexibility index (Phi) is 3.68. The van der Waals surface area contributed by atoms with Crippen LogP contribution in [-0.4, -0.2) is 31.1 Å². The van der Waals surface area contributed by atoms with Crippen molar-refractivity contribution in [3.8, 4) is 17.2 Å². The summed E-state index contributed by atoms with van der Waals surface area (Å²) in [5.74, 6) is 1.25. The fraction of sp³-hybridized carbons (Fsp3) is 0.222. The van der Waals surface area contributed by atoms with Crippen molar-refractivity contribution >= 4 is 23.2 Å². The minimum atomic E-state index is -0.536. The number of carbonyl (C=O) groups excluding carboxylic acids is 2. The fourth-order valence-electron chi connectivity index (χ4n) is 2.67. The Balaban J connectivity index is 1.53. The molecular weight excluding hydrogens is 324 g/mol. The Hall–Kier alpha value is -3.22. The summed E-state index contributed by atoms with van der Waals surface area (Å²) in [5, 5.41) is 5.55. The first-order chi connectivity index (χ1) is 12.1. The molecule has 2 heterocycles. The molecule has 0 spiro atoms. The number of carbonyl (C=O) groups is 2. The number of hydrogen-bond acceptors (Lipinski definition) is 5. The Bertz CT molecular complexity index is 865. The molecule has 0 bridgehead atoms. The predicted octanol–water partition coefficient (Wildman–Crippen LogP) is 2.43. The summed E-state index contributed by atoms with van der Waals surface area (Å²) in [4.78, 5) is 24.2. The van der Waals surface area contributed by atoms with Gasteiger partial charge in [0.1, 0.15) is 19.0 Å². The predicted molar refractivity (Wildman–Crippen MR) is 90.5 cm³/mol. The van der Waals surface area contributed by atoms with Gasteiger partial charge < -0.3 is 24.8 Å². The Morgan fingerprint density at radius 1 is 1.08 bits per heavy atom. The van der Waals surface area contributed by atoms with Crippen LogP contribution in [0.25, 0.3) is 0 Å². The van der Waals surface area contributed by atoms with Gasteiger partial charge in [0.25, 0.3) is 11.8 Å². The summed E-state index contributed by atoms with van der Waals surface area (Å²) in [6, 6.07) is 10.1. The van der Waals surface area contributed by atoms with Crippen molar-refractivity contribution in [1.82, 2.24) is 0 Å². The van der Waals surface area contributed by atoms with E-state index < -0.39 is 6.10 Å². The Morgan fingerprint density at radius 3 is 2.68 bits per heavy atom. The second kappa shape index (κ2) is 6.01. The van der Waals surface area contributed by atoms with Crippen LogP contribution in [0.1, 0.15) is 17.3 Å². The van der Waals surface area contributed by atoms with Crippen LogP contribution < -0.4 is 24.8 Å². The van der Waals surface area contributed by atoms with Crippen molar-refractivity contribution in [1.29, 1.82) is 0 Å². The summed E-state index contributed by atoms with van der Waals surface area (Å²) in [5.41, 5.74) is 1.54. The summed E-state index contributed by atoms with van der Waals surface area (Å²) in [6.45, 7) is 2.64. The molecule has 0 aromatic heterocycles. The van der Waals surface area contributed by atoms with Crippen molar-refractivity contribution < 1.29 is 23.8 Å². The molecule has 2 aliphatic rings. The van der Waals surface area contributed by atoms with E-state index in [-0.39, 0.29) is 11.8 Å². The Morgan fingerprint density at radius 2 is 1.84 bits per heavy atom. The van der Waals surface area contributed by atoms with Gasteiger partial charge in [0.05, 0.1) is 5.69 Å². The Labute approximate surface area is 143 Å². The van der Waals surface area contributed by atoms with Gasteiger partial charge in [-0.2, -0.15) is 0 Å². The van der Waals surface area contributed by atoms with E-state index in [1.54, 1.807) is 43.3 Å². The standard InChI is InChI=1S/C18H16N2O5/c1-10-17(21)20-13-9-12(3-5-14(13)25-10)19-18(22)11-2-4-15-16(8-11)24-7-6-23-15/h2-5,8-10H,6-7H2,1H3,(H,19,22)(H,20,21)/t10-/m1/s1. The number of fused-ring (bicyclic) bond motifs is 2. The van der Waals surface area contributed by atoms with E-state index in [2.05, 4.69) is 10.6 Å². The quantitative estimate of drug-likeness (QED) is 0.877. The van der Waals surface area contributed by atoms with Gasteiger partial charge in [-0.05, 0) is 43.3 Å². The molecule has 2 amide bonds. The molecule has 0 saturated heterocycles. The van der Waals surface area contributed by atoms with Gasteiger partial charge in [-0.25, -0.2) is 0 Å². The van der Waals surface area contributed by atoms with Crippen LogP contribution in [-0.2, 0) is 4.79 Å². The smallest absolute Gasteiger partial charge is 0.265 e. The van der Waals surface area contributed by atoms with E-state index in [0.29, 0.717) is 47.4 Å². The third-order valence-electron chi connectivity index (χ3n) is 3.97. The molecule has 4 rings (SSSR count). The van der Waals surface area contributed by atoms with Crippen molar-refractivity contribution in [3.63, 3.8) is 0 Å². The monoisotopic (exact) mass is 340 g/mol. The molecule has 0 unspecified atom stereocenters. The van der Waals surface area contributed by atoms with Crippen molar-refractivity contribution in [2.24, 2.45) is 0 Å². The van der Waals surface area contributed by atoms with Crippen LogP contribution in [0.4, 0.5) is 11.4 Å². The molecule has 7 heteroatoms. The third-order valence-corrected chi connectivity index (χ3v) is 3.97. The summed E-state index contributed by atoms with van der Waals surface area (Å²) in [6.07, 6.45) is -0.536. The number of ether oxygens (including phenoxy) is 3. The molecule has 0 fully saturated rings. The van der Waals surface area contributed by atoms with E-state index >= 15 is 0 Å². The van der Waals surface area contributed by atoms with Crippen LogP contribution >= 0.6 is 0 Å². The molecule has 1 atom stereocenters. The highest BCUT2D eigenvalue weighted by atomic mass is 16.6. The first-order valence-corrected chi connectivity index (χ1v) is 7.93. The van der Waals surface area contributed by atoms with Gasteiger partial charge in [0, 0.05) is 11.3 Å². The molecule has 7 nitrogen and oxygen atoms in total. The van der Waals surface area contributed by atoms with Gasteiger partial charge in [-0.3, -0.25) is 9.59 Å². The van der Waals surface area contributed by atoms with Crippen LogP contribution in [0.15, 0.2) is 36.4 Å². The van der Waals surface area contributed by atoms with Gasteiger partial charge in [-0.1, -0.05) is 0 Å². The zero-order valence-electron chi connectivity index (χ0n) is 13.5. The molecule has 0 aliphatic carbocycles. The van der Waals surface area contributed by atoms with E-state index in [1.807, 2.05) is 0 Å². The first-order valence-electron chi connectivity index (χ1n) is 7.93. The topological polar surface area (TPSA) is 85.9 Å². The number of benzene rings is 2. The van der Waals surface area contributed by atoms with E-state index in [1.165, 1.54) is 0 Å². The van der Waals surface area contributed by atoms with Gasteiger partial charge >= 0.3 is 0 Å². The van der Waals surface area contributed by atoms with E-state index in [4.69, 9.17) is 14.2 Å². The minimum Gasteiger partial charge on any atom is -0.486 e. The largest absolute Gasteiger partial charge is 0.486 e. The van der Waals surface area contributed by atoms with Crippen molar-refractivity contribution in [2.45, 2.75) is 13.0 Å². The van der Waals surface area contributed by atoms with E-state index in [0.717, 1.165) is 0 Å². The number of rotatable bonds is 2. The number of amides is 2. The lowest BCUT2D eigenvalue weighted by Crippen LogP contribution is -2.34. The molecule has 0 saturated carbocycles. The molecule has 128 valence electrons. The number of anilines is 2. The molecule has 25 heavy (non-hydrogen) atoms. The van der Waals surface area contributed by atoms with Crippen LogP contribution in [0.5, 0.6) is 17.2 Å². The summed E-state index contributed by atoms with van der Waals surface area (Å²) >= 11 is 0. The zero-order chi connectivity index (χ0) is 17.4. The highest BCUT2D eigenvalue weighted by Gasteiger charge is 2.24. The normalized spacial score (nSPS) is 17.8. The molecular formula is C18H16N2O5.